The summed E-state index contributed by atoms with van der Waals surface area (Å²) < 4.78 is 0. The Morgan fingerprint density at radius 3 is 3.10 bits per heavy atom. The zero-order valence-corrected chi connectivity index (χ0v) is 12.5. The summed E-state index contributed by atoms with van der Waals surface area (Å²) >= 11 is 1.41. The number of H-pyrrole nitrogens is 1. The van der Waals surface area contributed by atoms with Gasteiger partial charge in [-0.15, -0.1) is 11.3 Å². The zero-order valence-electron chi connectivity index (χ0n) is 11.7. The average Bonchev–Trinajstić information content (AvgIpc) is 3.00. The Morgan fingerprint density at radius 2 is 2.38 bits per heavy atom. The van der Waals surface area contributed by atoms with E-state index in [2.05, 4.69) is 15.0 Å². The predicted molar refractivity (Wildman–Crippen MR) is 79.6 cm³/mol. The second-order valence-corrected chi connectivity index (χ2v) is 5.95. The van der Waals surface area contributed by atoms with Gasteiger partial charge >= 0.3 is 0 Å². The molecule has 0 spiro atoms. The number of thiazole rings is 1. The van der Waals surface area contributed by atoms with Crippen molar-refractivity contribution in [2.45, 2.75) is 25.7 Å². The molecule has 0 aliphatic carbocycles. The van der Waals surface area contributed by atoms with Crippen molar-refractivity contribution >= 4 is 17.2 Å². The van der Waals surface area contributed by atoms with Crippen LogP contribution in [-0.4, -0.2) is 38.8 Å². The molecule has 1 saturated heterocycles. The zero-order chi connectivity index (χ0) is 14.8. The van der Waals surface area contributed by atoms with E-state index in [-0.39, 0.29) is 17.4 Å². The van der Waals surface area contributed by atoms with Gasteiger partial charge in [-0.25, -0.2) is 9.97 Å². The van der Waals surface area contributed by atoms with Crippen LogP contribution < -0.4 is 5.56 Å². The number of carbonyl (C=O) groups is 1. The maximum atomic E-state index is 12.3. The first-order chi connectivity index (χ1) is 10.1. The molecule has 1 amide bonds. The Bertz CT molecular complexity index is 695. The Hall–Kier alpha value is -2.02. The number of aryl methyl sites for hydroxylation is 1. The van der Waals surface area contributed by atoms with E-state index in [0.717, 1.165) is 19.4 Å². The molecule has 7 heteroatoms. The average molecular weight is 304 g/mol. The topological polar surface area (TPSA) is 79.0 Å². The third-order valence-electron chi connectivity index (χ3n) is 3.63. The number of nitrogens with zero attached hydrogens (tertiary/aromatic N) is 3. The van der Waals surface area contributed by atoms with Crippen molar-refractivity contribution in [1.29, 1.82) is 0 Å². The second kappa shape index (κ2) is 5.77. The summed E-state index contributed by atoms with van der Waals surface area (Å²) in [6, 6.07) is 1.48. The lowest BCUT2D eigenvalue weighted by atomic mass is 9.97. The molecule has 0 saturated carbocycles. The molecule has 3 heterocycles. The van der Waals surface area contributed by atoms with Crippen molar-refractivity contribution in [2.24, 2.45) is 0 Å². The summed E-state index contributed by atoms with van der Waals surface area (Å²) in [5.74, 6) is 0.709. The summed E-state index contributed by atoms with van der Waals surface area (Å²) in [5, 5.41) is 1.76. The van der Waals surface area contributed by atoms with Crippen LogP contribution in [0.4, 0.5) is 0 Å². The molecular weight excluding hydrogens is 288 g/mol. The SMILES string of the molecule is Cc1cc(=O)[nH]c([C@H]2CCCN(C(=O)c3cscn3)C2)n1. The van der Waals surface area contributed by atoms with Gasteiger partial charge in [0.05, 0.1) is 5.51 Å². The summed E-state index contributed by atoms with van der Waals surface area (Å²) in [6.07, 6.45) is 1.82. The minimum Gasteiger partial charge on any atom is -0.337 e. The number of hydrogen-bond acceptors (Lipinski definition) is 5. The van der Waals surface area contributed by atoms with Gasteiger partial charge in [0, 0.05) is 36.1 Å². The molecule has 0 radical (unpaired) electrons. The van der Waals surface area contributed by atoms with Crippen LogP contribution in [-0.2, 0) is 0 Å². The lowest BCUT2D eigenvalue weighted by Gasteiger charge is -2.31. The first kappa shape index (κ1) is 13.9. The third-order valence-corrected chi connectivity index (χ3v) is 4.22. The van der Waals surface area contributed by atoms with Crippen LogP contribution in [0.3, 0.4) is 0 Å². The molecule has 1 atom stereocenters. The van der Waals surface area contributed by atoms with Gasteiger partial charge in [-0.1, -0.05) is 0 Å². The highest BCUT2D eigenvalue weighted by Crippen LogP contribution is 2.25. The smallest absolute Gasteiger partial charge is 0.273 e. The van der Waals surface area contributed by atoms with Crippen LogP contribution in [0.2, 0.25) is 0 Å². The number of hydrogen-bond donors (Lipinski definition) is 1. The molecular formula is C14H16N4O2S. The molecule has 2 aromatic heterocycles. The first-order valence-corrected chi connectivity index (χ1v) is 7.83. The lowest BCUT2D eigenvalue weighted by molar-refractivity contribution is 0.0699. The number of nitrogens with one attached hydrogen (secondary N) is 1. The Kier molecular flexibility index (Phi) is 3.83. The Morgan fingerprint density at radius 1 is 1.52 bits per heavy atom. The molecule has 110 valence electrons. The number of aromatic amines is 1. The van der Waals surface area contributed by atoms with Crippen LogP contribution in [0.15, 0.2) is 21.8 Å². The largest absolute Gasteiger partial charge is 0.337 e. The van der Waals surface area contributed by atoms with E-state index in [1.54, 1.807) is 22.7 Å². The van der Waals surface area contributed by atoms with Crippen molar-refractivity contribution in [3.63, 3.8) is 0 Å². The lowest BCUT2D eigenvalue weighted by Crippen LogP contribution is -2.40. The number of likely N-dealkylation sites (tertiary alicyclic amines) is 1. The van der Waals surface area contributed by atoms with Gasteiger partial charge in [0.2, 0.25) is 0 Å². The minimum atomic E-state index is -0.138. The van der Waals surface area contributed by atoms with E-state index in [0.29, 0.717) is 23.8 Å². The summed E-state index contributed by atoms with van der Waals surface area (Å²) in [7, 11) is 0. The standard InChI is InChI=1S/C14H16N4O2S/c1-9-5-12(19)17-13(16-9)10-3-2-4-18(6-10)14(20)11-7-21-8-15-11/h5,7-8,10H,2-4,6H2,1H3,(H,16,17,19)/t10-/m0/s1. The van der Waals surface area contributed by atoms with Crippen molar-refractivity contribution in [1.82, 2.24) is 19.9 Å². The van der Waals surface area contributed by atoms with Crippen LogP contribution in [0.1, 0.15) is 40.8 Å². The van der Waals surface area contributed by atoms with E-state index in [1.807, 2.05) is 0 Å². The molecule has 0 bridgehead atoms. The number of carbonyl (C=O) groups excluding carboxylic acids is 1. The van der Waals surface area contributed by atoms with E-state index in [4.69, 9.17) is 0 Å². The monoisotopic (exact) mass is 304 g/mol. The van der Waals surface area contributed by atoms with E-state index >= 15 is 0 Å². The molecule has 6 nitrogen and oxygen atoms in total. The van der Waals surface area contributed by atoms with Gasteiger partial charge < -0.3 is 9.88 Å². The highest BCUT2D eigenvalue weighted by Gasteiger charge is 2.27. The van der Waals surface area contributed by atoms with Gasteiger partial charge in [0.25, 0.3) is 11.5 Å². The number of rotatable bonds is 2. The normalized spacial score (nSPS) is 18.7. The van der Waals surface area contributed by atoms with Crippen molar-refractivity contribution in [3.05, 3.63) is 44.5 Å². The molecule has 1 N–H and O–H groups in total. The Labute approximate surface area is 125 Å². The van der Waals surface area contributed by atoms with Crippen LogP contribution in [0, 0.1) is 6.92 Å². The number of aromatic nitrogens is 3. The molecule has 21 heavy (non-hydrogen) atoms. The predicted octanol–water partition coefficient (Wildman–Crippen LogP) is 1.55. The Balaban J connectivity index is 1.79. The number of amides is 1. The summed E-state index contributed by atoms with van der Waals surface area (Å²) in [5.41, 5.74) is 2.72. The summed E-state index contributed by atoms with van der Waals surface area (Å²) in [6.45, 7) is 3.10. The highest BCUT2D eigenvalue weighted by molar-refractivity contribution is 7.07. The van der Waals surface area contributed by atoms with Crippen LogP contribution in [0.25, 0.3) is 0 Å². The molecule has 1 aliphatic heterocycles. The van der Waals surface area contributed by atoms with Gasteiger partial charge in [-0.05, 0) is 19.8 Å². The maximum Gasteiger partial charge on any atom is 0.273 e. The molecule has 0 unspecified atom stereocenters. The molecule has 1 aliphatic rings. The second-order valence-electron chi connectivity index (χ2n) is 5.24. The van der Waals surface area contributed by atoms with Gasteiger partial charge in [-0.2, -0.15) is 0 Å². The molecule has 1 fully saturated rings. The van der Waals surface area contributed by atoms with Crippen LogP contribution >= 0.6 is 11.3 Å². The van der Waals surface area contributed by atoms with E-state index < -0.39 is 0 Å². The molecule has 3 rings (SSSR count). The maximum absolute atomic E-state index is 12.3. The van der Waals surface area contributed by atoms with Crippen molar-refractivity contribution in [3.8, 4) is 0 Å². The van der Waals surface area contributed by atoms with Crippen molar-refractivity contribution in [2.75, 3.05) is 13.1 Å². The highest BCUT2D eigenvalue weighted by atomic mass is 32.1. The van der Waals surface area contributed by atoms with E-state index in [9.17, 15) is 9.59 Å². The quantitative estimate of drug-likeness (QED) is 0.913. The fraction of sp³-hybridized carbons (Fsp3) is 0.429. The van der Waals surface area contributed by atoms with Crippen molar-refractivity contribution < 1.29 is 4.79 Å². The third kappa shape index (κ3) is 3.02. The number of piperidine rings is 1. The first-order valence-electron chi connectivity index (χ1n) is 6.89. The fourth-order valence-corrected chi connectivity index (χ4v) is 3.19. The van der Waals surface area contributed by atoms with Gasteiger partial charge in [0.1, 0.15) is 11.5 Å². The minimum absolute atomic E-state index is 0.0454. The van der Waals surface area contributed by atoms with Gasteiger partial charge in [-0.3, -0.25) is 9.59 Å². The van der Waals surface area contributed by atoms with Crippen LogP contribution in [0.5, 0.6) is 0 Å². The molecule has 2 aromatic rings. The molecule has 0 aromatic carbocycles. The summed E-state index contributed by atoms with van der Waals surface area (Å²) in [4.78, 5) is 37.0. The van der Waals surface area contributed by atoms with E-state index in [1.165, 1.54) is 17.4 Å². The van der Waals surface area contributed by atoms with Gasteiger partial charge in [0.15, 0.2) is 0 Å². The fourth-order valence-electron chi connectivity index (χ4n) is 2.66.